The van der Waals surface area contributed by atoms with Crippen LogP contribution < -0.4 is 0 Å². The highest BCUT2D eigenvalue weighted by molar-refractivity contribution is 5.66. The fourth-order valence-corrected chi connectivity index (χ4v) is 2.36. The summed E-state index contributed by atoms with van der Waals surface area (Å²) in [7, 11) is 0. The van der Waals surface area contributed by atoms with Gasteiger partial charge in [-0.15, -0.1) is 0 Å². The molecule has 0 saturated carbocycles. The van der Waals surface area contributed by atoms with Gasteiger partial charge in [0.05, 0.1) is 5.92 Å². The summed E-state index contributed by atoms with van der Waals surface area (Å²) in [4.78, 5) is 0. The van der Waals surface area contributed by atoms with E-state index in [1.165, 1.54) is 23.6 Å². The first-order valence-corrected chi connectivity index (χ1v) is 6.95. The SMILES string of the molecule is Cc1cc(-c2ccc(C(C)C(F)(F)F)cc2)cc(C)c1C. The van der Waals surface area contributed by atoms with Crippen LogP contribution in [-0.2, 0) is 0 Å². The molecule has 0 nitrogen and oxygen atoms in total. The molecule has 0 saturated heterocycles. The third-order valence-electron chi connectivity index (χ3n) is 4.16. The zero-order chi connectivity index (χ0) is 15.8. The highest BCUT2D eigenvalue weighted by Gasteiger charge is 2.36. The Morgan fingerprint density at radius 2 is 1.29 bits per heavy atom. The van der Waals surface area contributed by atoms with Crippen LogP contribution in [0.5, 0.6) is 0 Å². The molecule has 0 aromatic heterocycles. The van der Waals surface area contributed by atoms with Gasteiger partial charge >= 0.3 is 6.18 Å². The van der Waals surface area contributed by atoms with Gasteiger partial charge in [-0.1, -0.05) is 36.4 Å². The van der Waals surface area contributed by atoms with Gasteiger partial charge in [0.15, 0.2) is 0 Å². The monoisotopic (exact) mass is 292 g/mol. The minimum atomic E-state index is -4.20. The molecule has 0 spiro atoms. The summed E-state index contributed by atoms with van der Waals surface area (Å²) >= 11 is 0. The summed E-state index contributed by atoms with van der Waals surface area (Å²) < 4.78 is 38.1. The lowest BCUT2D eigenvalue weighted by molar-refractivity contribution is -0.146. The molecule has 3 heteroatoms. The number of benzene rings is 2. The molecule has 0 aliphatic carbocycles. The van der Waals surface area contributed by atoms with Crippen LogP contribution >= 0.6 is 0 Å². The molecule has 0 heterocycles. The normalized spacial score (nSPS) is 13.3. The molecule has 2 rings (SSSR count). The number of hydrogen-bond acceptors (Lipinski definition) is 0. The molecule has 1 atom stereocenters. The molecule has 0 aliphatic heterocycles. The molecule has 0 radical (unpaired) electrons. The third kappa shape index (κ3) is 3.29. The standard InChI is InChI=1S/C18H19F3/c1-11-9-17(10-12(2)13(11)3)16-7-5-15(6-8-16)14(4)18(19,20)21/h5-10,14H,1-4H3. The minimum Gasteiger partial charge on any atom is -0.170 e. The van der Waals surface area contributed by atoms with Crippen molar-refractivity contribution in [3.63, 3.8) is 0 Å². The van der Waals surface area contributed by atoms with Crippen molar-refractivity contribution in [2.45, 2.75) is 39.8 Å². The second-order valence-corrected chi connectivity index (χ2v) is 5.62. The topological polar surface area (TPSA) is 0 Å². The van der Waals surface area contributed by atoms with Gasteiger partial charge in [0, 0.05) is 0 Å². The van der Waals surface area contributed by atoms with Crippen LogP contribution in [0.4, 0.5) is 13.2 Å². The minimum absolute atomic E-state index is 0.298. The molecule has 0 amide bonds. The van der Waals surface area contributed by atoms with Gasteiger partial charge in [-0.25, -0.2) is 0 Å². The van der Waals surface area contributed by atoms with Crippen molar-refractivity contribution in [2.75, 3.05) is 0 Å². The van der Waals surface area contributed by atoms with Crippen LogP contribution in [0.1, 0.15) is 35.1 Å². The van der Waals surface area contributed by atoms with Gasteiger partial charge in [0.1, 0.15) is 0 Å². The second-order valence-electron chi connectivity index (χ2n) is 5.62. The van der Waals surface area contributed by atoms with Crippen molar-refractivity contribution in [1.29, 1.82) is 0 Å². The Morgan fingerprint density at radius 3 is 1.71 bits per heavy atom. The van der Waals surface area contributed by atoms with Crippen molar-refractivity contribution >= 4 is 0 Å². The second kappa shape index (κ2) is 5.55. The maximum absolute atomic E-state index is 12.7. The van der Waals surface area contributed by atoms with Gasteiger partial charge < -0.3 is 0 Å². The number of hydrogen-bond donors (Lipinski definition) is 0. The van der Waals surface area contributed by atoms with E-state index >= 15 is 0 Å². The van der Waals surface area contributed by atoms with Gasteiger partial charge in [-0.05, 0) is 61.1 Å². The maximum Gasteiger partial charge on any atom is 0.395 e. The fourth-order valence-electron chi connectivity index (χ4n) is 2.36. The van der Waals surface area contributed by atoms with Crippen molar-refractivity contribution in [1.82, 2.24) is 0 Å². The van der Waals surface area contributed by atoms with E-state index in [2.05, 4.69) is 19.1 Å². The highest BCUT2D eigenvalue weighted by Crippen LogP contribution is 2.35. The quantitative estimate of drug-likeness (QED) is 0.642. The largest absolute Gasteiger partial charge is 0.395 e. The number of rotatable bonds is 2. The third-order valence-corrected chi connectivity index (χ3v) is 4.16. The molecule has 2 aromatic rings. The smallest absolute Gasteiger partial charge is 0.170 e. The van der Waals surface area contributed by atoms with Gasteiger partial charge in [0.2, 0.25) is 0 Å². The molecular weight excluding hydrogens is 273 g/mol. The summed E-state index contributed by atoms with van der Waals surface area (Å²) in [5.74, 6) is -1.44. The fraction of sp³-hybridized carbons (Fsp3) is 0.333. The zero-order valence-electron chi connectivity index (χ0n) is 12.7. The van der Waals surface area contributed by atoms with E-state index in [1.54, 1.807) is 24.3 Å². The van der Waals surface area contributed by atoms with E-state index in [1.807, 2.05) is 13.8 Å². The summed E-state index contributed by atoms with van der Waals surface area (Å²) in [6.45, 7) is 7.36. The summed E-state index contributed by atoms with van der Waals surface area (Å²) in [6.07, 6.45) is -4.20. The molecule has 2 aromatic carbocycles. The lowest BCUT2D eigenvalue weighted by Crippen LogP contribution is -2.17. The van der Waals surface area contributed by atoms with Crippen LogP contribution in [0, 0.1) is 20.8 Å². The van der Waals surface area contributed by atoms with E-state index in [4.69, 9.17) is 0 Å². The maximum atomic E-state index is 12.7. The van der Waals surface area contributed by atoms with Crippen LogP contribution in [0.15, 0.2) is 36.4 Å². The predicted molar refractivity (Wildman–Crippen MR) is 80.6 cm³/mol. The first-order chi connectivity index (χ1) is 9.70. The van der Waals surface area contributed by atoms with Gasteiger partial charge in [-0.3, -0.25) is 0 Å². The average molecular weight is 292 g/mol. The lowest BCUT2D eigenvalue weighted by atomic mass is 9.94. The van der Waals surface area contributed by atoms with Crippen molar-refractivity contribution < 1.29 is 13.2 Å². The Labute approximate surface area is 123 Å². The molecule has 0 N–H and O–H groups in total. The van der Waals surface area contributed by atoms with E-state index in [0.717, 1.165) is 11.1 Å². The predicted octanol–water partition coefficient (Wildman–Crippen LogP) is 5.94. The van der Waals surface area contributed by atoms with E-state index in [-0.39, 0.29) is 0 Å². The zero-order valence-corrected chi connectivity index (χ0v) is 12.7. The van der Waals surface area contributed by atoms with Crippen LogP contribution in [-0.4, -0.2) is 6.18 Å². The molecule has 0 aliphatic rings. The van der Waals surface area contributed by atoms with Crippen molar-refractivity contribution in [3.8, 4) is 11.1 Å². The first kappa shape index (κ1) is 15.6. The number of halogens is 3. The van der Waals surface area contributed by atoms with E-state index < -0.39 is 12.1 Å². The average Bonchev–Trinajstić information content (AvgIpc) is 2.42. The molecule has 21 heavy (non-hydrogen) atoms. The Kier molecular flexibility index (Phi) is 4.13. The summed E-state index contributed by atoms with van der Waals surface area (Å²) in [6, 6.07) is 10.8. The molecule has 1 unspecified atom stereocenters. The Morgan fingerprint density at radius 1 is 0.810 bits per heavy atom. The Bertz CT molecular complexity index is 613. The van der Waals surface area contributed by atoms with E-state index in [0.29, 0.717) is 5.56 Å². The molecule has 112 valence electrons. The lowest BCUT2D eigenvalue weighted by Gasteiger charge is -2.16. The Balaban J connectivity index is 2.36. The Hall–Kier alpha value is -1.77. The van der Waals surface area contributed by atoms with Crippen LogP contribution in [0.25, 0.3) is 11.1 Å². The molecule has 0 fully saturated rings. The summed E-state index contributed by atoms with van der Waals surface area (Å²) in [5, 5.41) is 0. The summed E-state index contributed by atoms with van der Waals surface area (Å²) in [5.41, 5.74) is 5.92. The number of aryl methyl sites for hydroxylation is 2. The first-order valence-electron chi connectivity index (χ1n) is 6.95. The highest BCUT2D eigenvalue weighted by atomic mass is 19.4. The molecule has 0 bridgehead atoms. The van der Waals surface area contributed by atoms with E-state index in [9.17, 15) is 13.2 Å². The molecular formula is C18H19F3. The van der Waals surface area contributed by atoms with Crippen molar-refractivity contribution in [2.24, 2.45) is 0 Å². The van der Waals surface area contributed by atoms with Crippen LogP contribution in [0.2, 0.25) is 0 Å². The van der Waals surface area contributed by atoms with Crippen LogP contribution in [0.3, 0.4) is 0 Å². The van der Waals surface area contributed by atoms with Gasteiger partial charge in [0.25, 0.3) is 0 Å². The number of alkyl halides is 3. The van der Waals surface area contributed by atoms with Crippen molar-refractivity contribution in [3.05, 3.63) is 58.7 Å². The van der Waals surface area contributed by atoms with Gasteiger partial charge in [-0.2, -0.15) is 13.2 Å².